The zero-order chi connectivity index (χ0) is 79.8. The first-order valence-corrected chi connectivity index (χ1v) is 30.1. The highest BCUT2D eigenvalue weighted by molar-refractivity contribution is 5.33. The van der Waals surface area contributed by atoms with Crippen LogP contribution in [0.1, 0.15) is 36.8 Å². The van der Waals surface area contributed by atoms with Gasteiger partial charge in [-0.25, -0.2) is 77.3 Å². The summed E-state index contributed by atoms with van der Waals surface area (Å²) < 4.78 is 178. The van der Waals surface area contributed by atoms with Gasteiger partial charge in [-0.2, -0.15) is 34.7 Å². The predicted molar refractivity (Wildman–Crippen MR) is 338 cm³/mol. The van der Waals surface area contributed by atoms with Gasteiger partial charge >= 0.3 is 28.4 Å². The van der Waals surface area contributed by atoms with Crippen molar-refractivity contribution in [3.63, 3.8) is 0 Å². The molecule has 0 radical (unpaired) electrons. The lowest BCUT2D eigenvalue weighted by Crippen LogP contribution is -2.45. The highest BCUT2D eigenvalue weighted by Gasteiger charge is 2.62. The van der Waals surface area contributed by atoms with E-state index < -0.39 is 227 Å². The fourth-order valence-electron chi connectivity index (χ4n) is 10.5. The van der Waals surface area contributed by atoms with Crippen LogP contribution in [0.2, 0.25) is 0 Å². The second-order valence-corrected chi connectivity index (χ2v) is 22.3. The maximum Gasteiger partial charge on any atom is 0.368 e. The molecule has 5 saturated heterocycles. The number of ether oxygens (including phenoxy) is 5. The summed E-state index contributed by atoms with van der Waals surface area (Å²) in [5.74, 6) is 16.2. The number of rotatable bonds is 10. The van der Waals surface area contributed by atoms with Crippen molar-refractivity contribution in [2.45, 2.75) is 127 Å². The van der Waals surface area contributed by atoms with Crippen LogP contribution in [0.4, 0.5) is 77.5 Å². The first-order chi connectivity index (χ1) is 50.5. The van der Waals surface area contributed by atoms with Gasteiger partial charge in [0, 0.05) is 11.9 Å². The standard InChI is InChI=1S/C13H15F2N3O4.C12H12F3N3O4.C12H13F2N3O4.2C11H12F2N4O4/c1-7-5-9(16)17-12(21)18(7)11-13(15,3-2-4-14)10(20)8(6-19)22-11;13-3-1-2-12(15)8(20)7(5-19)22-10(12)18-4-6(14)9(16)17-11(18)21;13-4-1-3-12(14)9(19)7(6-18)21-10(12)17-5-2-8(15)16-11(17)20;12-3-1-2-11(13)8(19)6(5-18)21-9(11)17-10(20)16-7(14)4-15-17;12-3-1-2-11(13)7(19)6(4-18)21-8(11)17-5-15-9(14)16-10(17)20/h5,8,10-11,19-20H,4,6H2,1H3,(H2,16,17,21);4,7-8,10,19-20H,3,5H2,(H2,16,17,21);2,5,7,9-10,18-19H,4,6H2,(H2,15,16,20);4,6,8-9,18-19H,3,5H2,(H2,14,16,20);5-8,18-19H,3-4H2,(H2,14,16,20)/t8-,10+,11-,13?;7-,8+,10-,12?;7-,9+,10-,12?;6-,8+,9-,11?;6-,7+,8-,11?/m11111/s1. The normalized spacial score (nSPS) is 31.4. The van der Waals surface area contributed by atoms with E-state index in [9.17, 15) is 93.4 Å². The first-order valence-electron chi connectivity index (χ1n) is 30.1. The molecule has 0 bridgehead atoms. The number of aromatic nitrogens is 12. The van der Waals surface area contributed by atoms with Crippen LogP contribution in [0.25, 0.3) is 0 Å². The van der Waals surface area contributed by atoms with Gasteiger partial charge in [-0.15, -0.1) is 0 Å². The lowest BCUT2D eigenvalue weighted by molar-refractivity contribution is -0.0610. The SMILES string of the molecule is Cc1cc(N)nc(=O)n1[C@@H]1O[C@H](CO)[C@H](O)C1(F)C#CCF.Nc1ccn([C@@H]2O[C@H](CO)[C@H](O)C2(F)C#CCF)c(=O)n1.Nc1cnn([C@@H]2O[C@H](CO)[C@H](O)C2(F)C#CCF)c(=O)n1.Nc1nc(=O)n([C@@H]2O[C@H](CO)[C@H](O)C2(F)C#CCF)cc1F.Nc1ncn([C@@H]2O[C@H](CO)[C@H](O)C2(F)C#CCF)c(=O)n1. The summed E-state index contributed by atoms with van der Waals surface area (Å²) in [6.07, 6.45) is -21.5. The van der Waals surface area contributed by atoms with Gasteiger partial charge < -0.3 is 103 Å². The molecule has 10 rings (SSSR count). The number of anilines is 5. The van der Waals surface area contributed by atoms with Crippen LogP contribution in [0.15, 0.2) is 61.0 Å². The second kappa shape index (κ2) is 36.3. The smallest absolute Gasteiger partial charge is 0.368 e. The number of aryl methyl sites for hydroxylation is 1. The Hall–Kier alpha value is -10.3. The monoisotopic (exact) mass is 1540 g/mol. The largest absolute Gasteiger partial charge is 0.394 e. The molecule has 0 aromatic carbocycles. The first kappa shape index (κ1) is 85.6. The number of nitrogens with two attached hydrogens (primary N) is 5. The summed E-state index contributed by atoms with van der Waals surface area (Å²) in [5, 5.41) is 98.3. The number of hydrogen-bond acceptors (Lipinski definition) is 32. The van der Waals surface area contributed by atoms with Crippen molar-refractivity contribution >= 4 is 29.2 Å². The Morgan fingerprint density at radius 3 is 1.19 bits per heavy atom. The third kappa shape index (κ3) is 18.1. The van der Waals surface area contributed by atoms with E-state index in [1.54, 1.807) is 5.92 Å². The van der Waals surface area contributed by atoms with Crippen LogP contribution in [0.5, 0.6) is 0 Å². The van der Waals surface area contributed by atoms with E-state index in [0.29, 0.717) is 20.0 Å². The van der Waals surface area contributed by atoms with Crippen molar-refractivity contribution in [1.29, 1.82) is 0 Å². The van der Waals surface area contributed by atoms with Gasteiger partial charge in [-0.1, -0.05) is 59.2 Å². The van der Waals surface area contributed by atoms with Crippen LogP contribution in [0, 0.1) is 71.9 Å². The van der Waals surface area contributed by atoms with Crippen molar-refractivity contribution in [2.24, 2.45) is 0 Å². The topological polar surface area (TPSA) is 579 Å². The molecule has 107 heavy (non-hydrogen) atoms. The average Bonchev–Trinajstić information content (AvgIpc) is 1.65. The minimum absolute atomic E-state index is 0.0599. The molecule has 5 aromatic heterocycles. The van der Waals surface area contributed by atoms with Gasteiger partial charge in [0.05, 0.1) is 45.4 Å². The molecule has 5 unspecified atom stereocenters. The minimum atomic E-state index is -2.94. The highest BCUT2D eigenvalue weighted by atomic mass is 19.2. The molecule has 5 fully saturated rings. The number of hydrogen-bond donors (Lipinski definition) is 15. The number of nitrogens with zero attached hydrogens (tertiary/aromatic N) is 12. The maximum atomic E-state index is 15.1. The molecule has 582 valence electrons. The van der Waals surface area contributed by atoms with E-state index in [0.717, 1.165) is 27.9 Å². The lowest BCUT2D eigenvalue weighted by Gasteiger charge is -2.25. The van der Waals surface area contributed by atoms with Crippen molar-refractivity contribution in [1.82, 2.24) is 58.0 Å². The Morgan fingerprint density at radius 1 is 0.458 bits per heavy atom. The fraction of sp³-hybridized carbons (Fsp3) is 0.525. The van der Waals surface area contributed by atoms with Crippen LogP contribution in [-0.2, 0) is 23.7 Å². The molecular formula is C59H64F11N17O20. The van der Waals surface area contributed by atoms with Crippen LogP contribution >= 0.6 is 0 Å². The van der Waals surface area contributed by atoms with E-state index in [1.165, 1.54) is 19.1 Å². The quantitative estimate of drug-likeness (QED) is 0.0456. The number of aliphatic hydroxyl groups is 10. The Bertz CT molecular complexity index is 4360. The molecule has 0 saturated carbocycles. The lowest BCUT2D eigenvalue weighted by atomic mass is 9.96. The fourth-order valence-corrected chi connectivity index (χ4v) is 10.5. The van der Waals surface area contributed by atoms with E-state index in [-0.39, 0.29) is 29.1 Å². The molecule has 48 heteroatoms. The summed E-state index contributed by atoms with van der Waals surface area (Å²) in [6, 6.07) is 2.54. The second-order valence-electron chi connectivity index (χ2n) is 22.3. The Kier molecular flexibility index (Phi) is 29.1. The van der Waals surface area contributed by atoms with Crippen molar-refractivity contribution in [3.05, 3.63) is 101 Å². The van der Waals surface area contributed by atoms with Gasteiger partial charge in [-0.3, -0.25) is 18.3 Å². The van der Waals surface area contributed by atoms with Crippen molar-refractivity contribution < 1.29 is 123 Å². The summed E-state index contributed by atoms with van der Waals surface area (Å²) >= 11 is 0. The predicted octanol–water partition coefficient (Wildman–Crippen LogP) is -6.98. The van der Waals surface area contributed by atoms with E-state index in [1.807, 2.05) is 53.3 Å². The molecule has 0 amide bonds. The van der Waals surface area contributed by atoms with Crippen LogP contribution in [0.3, 0.4) is 0 Å². The van der Waals surface area contributed by atoms with Crippen molar-refractivity contribution in [3.8, 4) is 59.2 Å². The summed E-state index contributed by atoms with van der Waals surface area (Å²) in [7, 11) is 0. The summed E-state index contributed by atoms with van der Waals surface area (Å²) in [5.41, 5.74) is 7.48. The van der Waals surface area contributed by atoms with Crippen molar-refractivity contribution in [2.75, 3.05) is 95.1 Å². The summed E-state index contributed by atoms with van der Waals surface area (Å²) in [6.45, 7) is -7.95. The number of nitrogen functional groups attached to an aromatic ring is 5. The Balaban J connectivity index is 0.000000209. The van der Waals surface area contributed by atoms with Gasteiger partial charge in [0.25, 0.3) is 0 Å². The molecular weight excluding hydrogens is 1480 g/mol. The van der Waals surface area contributed by atoms with Gasteiger partial charge in [0.15, 0.2) is 36.5 Å². The molecule has 5 aliphatic rings. The molecule has 0 spiro atoms. The van der Waals surface area contributed by atoms with Gasteiger partial charge in [-0.05, 0) is 19.1 Å². The molecule has 20 atom stereocenters. The average molecular weight is 1540 g/mol. The van der Waals surface area contributed by atoms with E-state index >= 15 is 4.39 Å². The summed E-state index contributed by atoms with van der Waals surface area (Å²) in [4.78, 5) is 79.0. The highest BCUT2D eigenvalue weighted by Crippen LogP contribution is 2.45. The van der Waals surface area contributed by atoms with Gasteiger partial charge in [0.1, 0.15) is 118 Å². The minimum Gasteiger partial charge on any atom is -0.394 e. The molecule has 10 heterocycles. The Morgan fingerprint density at radius 2 is 0.804 bits per heavy atom. The zero-order valence-corrected chi connectivity index (χ0v) is 54.7. The third-order valence-electron chi connectivity index (χ3n) is 15.5. The number of alkyl halides is 10. The van der Waals surface area contributed by atoms with Crippen LogP contribution < -0.4 is 57.1 Å². The number of halogens is 11. The molecule has 5 aliphatic heterocycles. The van der Waals surface area contributed by atoms with Gasteiger partial charge in [0.2, 0.25) is 40.5 Å². The molecule has 20 N–H and O–H groups in total. The number of aliphatic hydroxyl groups excluding tert-OH is 10. The Labute approximate surface area is 591 Å². The molecule has 5 aromatic rings. The third-order valence-corrected chi connectivity index (χ3v) is 15.5. The van der Waals surface area contributed by atoms with E-state index in [2.05, 4.69) is 35.0 Å². The molecule has 0 aliphatic carbocycles. The van der Waals surface area contributed by atoms with E-state index in [4.69, 9.17) is 77.9 Å². The zero-order valence-electron chi connectivity index (χ0n) is 54.7. The van der Waals surface area contributed by atoms with Crippen LogP contribution in [-0.4, -0.2) is 265 Å². The maximum absolute atomic E-state index is 15.1. The molecule has 37 nitrogen and oxygen atoms in total.